The average Bonchev–Trinajstić information content (AvgIpc) is 2.26. The van der Waals surface area contributed by atoms with Crippen LogP contribution >= 0.6 is 0 Å². The summed E-state index contributed by atoms with van der Waals surface area (Å²) in [5.41, 5.74) is 0. The fourth-order valence-corrected chi connectivity index (χ4v) is 0.937. The second-order valence-electron chi connectivity index (χ2n) is 3.92. The molecule has 0 unspecified atom stereocenters. The van der Waals surface area contributed by atoms with Crippen LogP contribution in [-0.4, -0.2) is 24.1 Å². The minimum atomic E-state index is -0.338. The molecule has 16 heavy (non-hydrogen) atoms. The Kier molecular flexibility index (Phi) is 7.60. The highest BCUT2D eigenvalue weighted by Gasteiger charge is 2.13. The van der Waals surface area contributed by atoms with Gasteiger partial charge in [-0.2, -0.15) is 0 Å². The first-order valence-electron chi connectivity index (χ1n) is 5.88. The molecular formula is C12H22O4. The van der Waals surface area contributed by atoms with E-state index in [9.17, 15) is 9.59 Å². The highest BCUT2D eigenvalue weighted by molar-refractivity contribution is 5.77. The molecule has 4 heteroatoms. The van der Waals surface area contributed by atoms with Crippen molar-refractivity contribution >= 4 is 11.9 Å². The van der Waals surface area contributed by atoms with Crippen LogP contribution in [0.1, 0.15) is 53.4 Å². The fourth-order valence-electron chi connectivity index (χ4n) is 0.937. The number of ether oxygens (including phenoxy) is 2. The van der Waals surface area contributed by atoms with Crippen molar-refractivity contribution in [2.24, 2.45) is 0 Å². The first-order chi connectivity index (χ1) is 7.49. The van der Waals surface area contributed by atoms with Crippen molar-refractivity contribution in [3.05, 3.63) is 0 Å². The maximum Gasteiger partial charge on any atom is 0.306 e. The number of hydrogen-bond acceptors (Lipinski definition) is 4. The Balaban J connectivity index is 3.71. The largest absolute Gasteiger partial charge is 0.463 e. The first-order valence-corrected chi connectivity index (χ1v) is 5.88. The van der Waals surface area contributed by atoms with E-state index < -0.39 is 0 Å². The molecule has 0 aliphatic rings. The summed E-state index contributed by atoms with van der Waals surface area (Å²) in [4.78, 5) is 22.5. The molecule has 0 aromatic rings. The molecule has 0 aromatic carbocycles. The van der Waals surface area contributed by atoms with E-state index in [0.717, 1.165) is 12.8 Å². The predicted molar refractivity (Wildman–Crippen MR) is 60.9 cm³/mol. The molecule has 0 radical (unpaired) electrons. The molecule has 0 saturated heterocycles. The monoisotopic (exact) mass is 230 g/mol. The van der Waals surface area contributed by atoms with Crippen LogP contribution in [0.3, 0.4) is 0 Å². The van der Waals surface area contributed by atoms with E-state index in [0.29, 0.717) is 0 Å². The maximum atomic E-state index is 11.2. The Morgan fingerprint density at radius 1 is 0.875 bits per heavy atom. The van der Waals surface area contributed by atoms with Crippen molar-refractivity contribution in [3.8, 4) is 0 Å². The van der Waals surface area contributed by atoms with Gasteiger partial charge in [-0.15, -0.1) is 0 Å². The number of carbonyl (C=O) groups is 2. The van der Waals surface area contributed by atoms with Gasteiger partial charge < -0.3 is 9.47 Å². The molecule has 0 amide bonds. The second kappa shape index (κ2) is 8.13. The minimum Gasteiger partial charge on any atom is -0.463 e. The van der Waals surface area contributed by atoms with Crippen molar-refractivity contribution in [1.29, 1.82) is 0 Å². The smallest absolute Gasteiger partial charge is 0.306 e. The molecule has 0 N–H and O–H groups in total. The van der Waals surface area contributed by atoms with Crippen molar-refractivity contribution < 1.29 is 19.1 Å². The Hall–Kier alpha value is -1.06. The number of esters is 2. The zero-order valence-electron chi connectivity index (χ0n) is 10.6. The number of carbonyl (C=O) groups excluding carboxylic acids is 2. The molecule has 0 heterocycles. The Morgan fingerprint density at radius 3 is 1.44 bits per heavy atom. The number of rotatable bonds is 7. The van der Waals surface area contributed by atoms with Crippen LogP contribution in [0.25, 0.3) is 0 Å². The molecule has 0 saturated carbocycles. The summed E-state index contributed by atoms with van der Waals surface area (Å²) >= 11 is 0. The lowest BCUT2D eigenvalue weighted by molar-refractivity contribution is -0.155. The van der Waals surface area contributed by atoms with Crippen LogP contribution in [-0.2, 0) is 19.1 Å². The van der Waals surface area contributed by atoms with Gasteiger partial charge in [0.1, 0.15) is 0 Å². The molecular weight excluding hydrogens is 208 g/mol. The predicted octanol–water partition coefficient (Wildman–Crippen LogP) is 2.45. The van der Waals surface area contributed by atoms with E-state index in [2.05, 4.69) is 0 Å². The first kappa shape index (κ1) is 14.9. The molecule has 0 rings (SSSR count). The summed E-state index contributed by atoms with van der Waals surface area (Å²) in [6.45, 7) is 7.54. The number of hydrogen-bond donors (Lipinski definition) is 0. The van der Waals surface area contributed by atoms with E-state index in [1.54, 1.807) is 0 Å². The van der Waals surface area contributed by atoms with Crippen molar-refractivity contribution in [2.45, 2.75) is 65.6 Å². The third-order valence-electron chi connectivity index (χ3n) is 2.35. The SMILES string of the molecule is CC[C@H](C)OC(=O)CCC(=O)O[C@@H](C)CC. The van der Waals surface area contributed by atoms with Crippen molar-refractivity contribution in [3.63, 3.8) is 0 Å². The quantitative estimate of drug-likeness (QED) is 0.630. The van der Waals surface area contributed by atoms with Crippen LogP contribution in [0.5, 0.6) is 0 Å². The van der Waals surface area contributed by atoms with Gasteiger partial charge in [0.15, 0.2) is 0 Å². The van der Waals surface area contributed by atoms with E-state index in [4.69, 9.17) is 9.47 Å². The van der Waals surface area contributed by atoms with Crippen LogP contribution in [0.4, 0.5) is 0 Å². The highest BCUT2D eigenvalue weighted by Crippen LogP contribution is 2.04. The zero-order chi connectivity index (χ0) is 12.6. The lowest BCUT2D eigenvalue weighted by Crippen LogP contribution is -2.18. The zero-order valence-corrected chi connectivity index (χ0v) is 10.6. The maximum absolute atomic E-state index is 11.2. The van der Waals surface area contributed by atoms with Gasteiger partial charge >= 0.3 is 11.9 Å². The molecule has 4 nitrogen and oxygen atoms in total. The molecule has 0 spiro atoms. The van der Waals surface area contributed by atoms with E-state index in [1.807, 2.05) is 27.7 Å². The van der Waals surface area contributed by atoms with E-state index in [1.165, 1.54) is 0 Å². The topological polar surface area (TPSA) is 52.6 Å². The Bertz CT molecular complexity index is 201. The molecule has 0 fully saturated rings. The van der Waals surface area contributed by atoms with Crippen LogP contribution < -0.4 is 0 Å². The van der Waals surface area contributed by atoms with Gasteiger partial charge in [-0.3, -0.25) is 9.59 Å². The summed E-state index contributed by atoms with van der Waals surface area (Å²) in [6.07, 6.45) is 1.59. The average molecular weight is 230 g/mol. The summed E-state index contributed by atoms with van der Waals surface area (Å²) in [6, 6.07) is 0. The molecule has 0 bridgehead atoms. The molecule has 94 valence electrons. The van der Waals surface area contributed by atoms with Crippen LogP contribution in [0.2, 0.25) is 0 Å². The van der Waals surface area contributed by atoms with Gasteiger partial charge in [-0.25, -0.2) is 0 Å². The van der Waals surface area contributed by atoms with Crippen molar-refractivity contribution in [1.82, 2.24) is 0 Å². The van der Waals surface area contributed by atoms with Gasteiger partial charge in [0.05, 0.1) is 25.0 Å². The van der Waals surface area contributed by atoms with Crippen LogP contribution in [0.15, 0.2) is 0 Å². The fraction of sp³-hybridized carbons (Fsp3) is 0.833. The molecule has 0 aliphatic heterocycles. The van der Waals surface area contributed by atoms with Gasteiger partial charge in [0.2, 0.25) is 0 Å². The molecule has 0 aliphatic carbocycles. The van der Waals surface area contributed by atoms with Gasteiger partial charge in [0, 0.05) is 0 Å². The summed E-state index contributed by atoms with van der Waals surface area (Å²) in [5, 5.41) is 0. The third kappa shape index (κ3) is 7.26. The summed E-state index contributed by atoms with van der Waals surface area (Å²) in [5.74, 6) is -0.675. The minimum absolute atomic E-state index is 0.0851. The van der Waals surface area contributed by atoms with Gasteiger partial charge in [-0.05, 0) is 26.7 Å². The highest BCUT2D eigenvalue weighted by atomic mass is 16.5. The lowest BCUT2D eigenvalue weighted by atomic mass is 10.3. The molecule has 0 aromatic heterocycles. The van der Waals surface area contributed by atoms with E-state index in [-0.39, 0.29) is 37.0 Å². The summed E-state index contributed by atoms with van der Waals surface area (Å²) in [7, 11) is 0. The van der Waals surface area contributed by atoms with Crippen LogP contribution in [0, 0.1) is 0 Å². The normalized spacial score (nSPS) is 14.0. The Morgan fingerprint density at radius 2 is 1.19 bits per heavy atom. The standard InChI is InChI=1S/C12H22O4/c1-5-9(3)15-11(13)7-8-12(14)16-10(4)6-2/h9-10H,5-8H2,1-4H3/t9-,10-/m0/s1. The lowest BCUT2D eigenvalue weighted by Gasteiger charge is -2.12. The third-order valence-corrected chi connectivity index (χ3v) is 2.35. The van der Waals surface area contributed by atoms with E-state index >= 15 is 0 Å². The summed E-state index contributed by atoms with van der Waals surface area (Å²) < 4.78 is 10.1. The Labute approximate surface area is 97.3 Å². The van der Waals surface area contributed by atoms with Gasteiger partial charge in [-0.1, -0.05) is 13.8 Å². The van der Waals surface area contributed by atoms with Gasteiger partial charge in [0.25, 0.3) is 0 Å². The molecule has 2 atom stereocenters. The van der Waals surface area contributed by atoms with Crippen molar-refractivity contribution in [2.75, 3.05) is 0 Å². The second-order valence-corrected chi connectivity index (χ2v) is 3.92.